The number of thiophene rings is 1. The maximum atomic E-state index is 15.2. The molecular weight excluding hydrogens is 737 g/mol. The molecule has 9 atom stereocenters. The van der Waals surface area contributed by atoms with E-state index in [0.29, 0.717) is 19.4 Å². The van der Waals surface area contributed by atoms with Gasteiger partial charge in [-0.3, -0.25) is 4.79 Å². The second-order valence-corrected chi connectivity index (χ2v) is 19.9. The molecular formula is C51H54N2O4S. The molecule has 6 nitrogen and oxygen atoms in total. The number of carbonyl (C=O) groups excluding carboxylic acids is 2. The van der Waals surface area contributed by atoms with Crippen LogP contribution in [0.25, 0.3) is 20.9 Å². The Morgan fingerprint density at radius 1 is 0.828 bits per heavy atom. The Morgan fingerprint density at radius 3 is 2.33 bits per heavy atom. The van der Waals surface area contributed by atoms with Crippen LogP contribution in [0.3, 0.4) is 0 Å². The molecule has 3 N–H and O–H groups in total. The first-order valence-corrected chi connectivity index (χ1v) is 22.2. The molecule has 0 saturated heterocycles. The zero-order valence-corrected chi connectivity index (χ0v) is 34.6. The smallest absolute Gasteiger partial charge is 0.318 e. The van der Waals surface area contributed by atoms with Gasteiger partial charge in [-0.15, -0.1) is 11.3 Å². The summed E-state index contributed by atoms with van der Waals surface area (Å²) in [6.45, 7) is 7.22. The zero-order valence-electron chi connectivity index (χ0n) is 33.8. The van der Waals surface area contributed by atoms with E-state index in [1.54, 1.807) is 11.3 Å². The van der Waals surface area contributed by atoms with Gasteiger partial charge in [-0.1, -0.05) is 123 Å². The van der Waals surface area contributed by atoms with Gasteiger partial charge in [-0.05, 0) is 109 Å². The highest BCUT2D eigenvalue weighted by Gasteiger charge is 2.74. The van der Waals surface area contributed by atoms with Gasteiger partial charge in [0.2, 0.25) is 0 Å². The summed E-state index contributed by atoms with van der Waals surface area (Å²) >= 11 is 1.57. The lowest BCUT2D eigenvalue weighted by molar-refractivity contribution is -0.174. The van der Waals surface area contributed by atoms with Crippen molar-refractivity contribution in [3.05, 3.63) is 143 Å². The molecule has 7 heteroatoms. The highest BCUT2D eigenvalue weighted by Crippen LogP contribution is 2.78. The van der Waals surface area contributed by atoms with Crippen LogP contribution in [0.15, 0.2) is 127 Å². The molecule has 6 aliphatic carbocycles. The predicted molar refractivity (Wildman–Crippen MR) is 232 cm³/mol. The Morgan fingerprint density at radius 2 is 1.52 bits per heavy atom. The number of Topliss-reactive ketones (excluding diaryl/α,β-unsaturated/α-hetero) is 1. The third-order valence-electron chi connectivity index (χ3n) is 16.2. The molecule has 6 aliphatic rings. The Labute approximate surface area is 345 Å². The number of nitrogens with zero attached hydrogens (tertiary/aromatic N) is 1. The minimum atomic E-state index is -1.20. The maximum absolute atomic E-state index is 15.2. The number of ketones is 1. The highest BCUT2D eigenvalue weighted by molar-refractivity contribution is 7.21. The summed E-state index contributed by atoms with van der Waals surface area (Å²) < 4.78 is 1.10. The van der Waals surface area contributed by atoms with Gasteiger partial charge in [0.15, 0.2) is 5.78 Å². The number of nitrogens with one attached hydrogen (secondary N) is 1. The van der Waals surface area contributed by atoms with Crippen LogP contribution in [-0.4, -0.2) is 45.2 Å². The van der Waals surface area contributed by atoms with Gasteiger partial charge in [0, 0.05) is 33.1 Å². The van der Waals surface area contributed by atoms with Crippen LogP contribution in [0.1, 0.15) is 92.6 Å². The molecule has 2 amide bonds. The zero-order chi connectivity index (χ0) is 40.1. The quantitative estimate of drug-likeness (QED) is 0.108. The number of aliphatic hydroxyl groups is 2. The van der Waals surface area contributed by atoms with Crippen molar-refractivity contribution in [2.24, 2.45) is 33.5 Å². The number of urea groups is 1. The lowest BCUT2D eigenvalue weighted by Crippen LogP contribution is -2.67. The Kier molecular flexibility index (Phi) is 8.76. The van der Waals surface area contributed by atoms with E-state index in [1.165, 1.54) is 0 Å². The monoisotopic (exact) mass is 790 g/mol. The van der Waals surface area contributed by atoms with Crippen molar-refractivity contribution in [1.82, 2.24) is 10.2 Å². The summed E-state index contributed by atoms with van der Waals surface area (Å²) in [7, 11) is 0. The van der Waals surface area contributed by atoms with Crippen molar-refractivity contribution in [2.75, 3.05) is 6.54 Å². The van der Waals surface area contributed by atoms with E-state index in [-0.39, 0.29) is 41.7 Å². The Balaban J connectivity index is 1.05. The first-order chi connectivity index (χ1) is 27.9. The minimum absolute atomic E-state index is 0.0164. The molecule has 3 saturated carbocycles. The molecule has 1 aromatic heterocycles. The number of aliphatic hydroxyl groups excluding tert-OH is 1. The van der Waals surface area contributed by atoms with Crippen molar-refractivity contribution in [1.29, 1.82) is 0 Å². The number of rotatable bonds is 8. The van der Waals surface area contributed by atoms with E-state index >= 15 is 4.79 Å². The molecule has 58 heavy (non-hydrogen) atoms. The largest absolute Gasteiger partial charge is 0.393 e. The van der Waals surface area contributed by atoms with Gasteiger partial charge in [0.1, 0.15) is 0 Å². The SMILES string of the molecule is CC(NC(=O)N(Cc1cccc2ccccc12)CC1(O)CCC2C34C=CC5(C=C3C(=O)c3cc6ccccc6s3)CC(O)CCC5(C)C4CCC21C)c1ccccc1. The fourth-order valence-corrected chi connectivity index (χ4v) is 14.1. The second-order valence-electron chi connectivity index (χ2n) is 18.9. The minimum Gasteiger partial charge on any atom is -0.393 e. The van der Waals surface area contributed by atoms with Crippen molar-refractivity contribution < 1.29 is 19.8 Å². The molecule has 9 unspecified atom stereocenters. The van der Waals surface area contributed by atoms with Gasteiger partial charge in [-0.2, -0.15) is 0 Å². The molecule has 4 aromatic carbocycles. The number of allylic oxidation sites excluding steroid dienone is 4. The van der Waals surface area contributed by atoms with E-state index in [9.17, 15) is 15.0 Å². The average Bonchev–Trinajstić information content (AvgIpc) is 3.79. The summed E-state index contributed by atoms with van der Waals surface area (Å²) in [6, 6.07) is 34.4. The number of hydrogen-bond acceptors (Lipinski definition) is 5. The van der Waals surface area contributed by atoms with E-state index in [2.05, 4.69) is 79.9 Å². The molecule has 1 heterocycles. The Bertz CT molecular complexity index is 2470. The highest BCUT2D eigenvalue weighted by atomic mass is 32.1. The standard InChI is InChI=1S/C51H54N2O4S/c1-33(34-12-5-4-6-13-34)52-46(56)53(31-37-17-11-16-35-14-7-9-18-39(35)37)32-50(57)25-22-44-48(50,3)24-21-43-47(2)23-20-38(54)29-49(47)26-27-51(43,44)40(30-49)45(55)42-28-36-15-8-10-19-41(36)58-42/h4-19,26-28,30,33,38,43-44,54,57H,20-25,29,31-32H2,1-3H3,(H,52,56). The van der Waals surface area contributed by atoms with Crippen LogP contribution in [0.2, 0.25) is 0 Å². The van der Waals surface area contributed by atoms with Gasteiger partial charge >= 0.3 is 6.03 Å². The summed E-state index contributed by atoms with van der Waals surface area (Å²) in [4.78, 5) is 32.5. The van der Waals surface area contributed by atoms with E-state index in [1.807, 2.05) is 72.5 Å². The fourth-order valence-electron chi connectivity index (χ4n) is 13.1. The maximum Gasteiger partial charge on any atom is 0.318 e. The van der Waals surface area contributed by atoms with Gasteiger partial charge < -0.3 is 20.4 Å². The molecule has 2 bridgehead atoms. The number of carbonyl (C=O) groups is 2. The van der Waals surface area contributed by atoms with Gasteiger partial charge in [0.05, 0.1) is 29.2 Å². The van der Waals surface area contributed by atoms with E-state index < -0.39 is 27.9 Å². The van der Waals surface area contributed by atoms with Crippen LogP contribution >= 0.6 is 11.3 Å². The number of fused-ring (bicyclic) bond motifs is 3. The van der Waals surface area contributed by atoms with Crippen molar-refractivity contribution in [2.45, 2.75) is 90.0 Å². The van der Waals surface area contributed by atoms with Crippen molar-refractivity contribution in [3.63, 3.8) is 0 Å². The normalized spacial score (nSPS) is 33.9. The molecule has 3 fully saturated rings. The first kappa shape index (κ1) is 37.7. The lowest BCUT2D eigenvalue weighted by atomic mass is 9.32. The van der Waals surface area contributed by atoms with Crippen LogP contribution in [0.4, 0.5) is 4.79 Å². The summed E-state index contributed by atoms with van der Waals surface area (Å²) in [5.41, 5.74) is 0.0343. The molecule has 0 radical (unpaired) electrons. The lowest BCUT2D eigenvalue weighted by Gasteiger charge is -2.71. The van der Waals surface area contributed by atoms with Crippen LogP contribution in [-0.2, 0) is 6.54 Å². The summed E-state index contributed by atoms with van der Waals surface area (Å²) in [6.07, 6.45) is 11.9. The third kappa shape index (κ3) is 5.42. The van der Waals surface area contributed by atoms with Crippen LogP contribution in [0.5, 0.6) is 0 Å². The molecule has 0 aliphatic heterocycles. The van der Waals surface area contributed by atoms with Crippen LogP contribution < -0.4 is 5.32 Å². The second kappa shape index (κ2) is 13.5. The van der Waals surface area contributed by atoms with E-state index in [4.69, 9.17) is 0 Å². The first-order valence-electron chi connectivity index (χ1n) is 21.3. The summed E-state index contributed by atoms with van der Waals surface area (Å²) in [5, 5.41) is 31.2. The molecule has 2 spiro atoms. The average molecular weight is 791 g/mol. The van der Waals surface area contributed by atoms with Gasteiger partial charge in [0.25, 0.3) is 0 Å². The van der Waals surface area contributed by atoms with Crippen molar-refractivity contribution >= 4 is 44.0 Å². The molecule has 11 rings (SSSR count). The van der Waals surface area contributed by atoms with E-state index in [0.717, 1.165) is 74.5 Å². The number of benzene rings is 4. The van der Waals surface area contributed by atoms with Gasteiger partial charge in [-0.25, -0.2) is 4.79 Å². The summed E-state index contributed by atoms with van der Waals surface area (Å²) in [5.74, 6) is 0.263. The fraction of sp³-hybridized carbons (Fsp3) is 0.412. The number of hydrogen-bond donors (Lipinski definition) is 3. The molecule has 5 aromatic rings. The molecule has 298 valence electrons. The topological polar surface area (TPSA) is 89.9 Å². The Hall–Kier alpha value is -4.56. The number of amides is 2. The predicted octanol–water partition coefficient (Wildman–Crippen LogP) is 10.8. The van der Waals surface area contributed by atoms with Crippen LogP contribution in [0, 0.1) is 33.5 Å². The van der Waals surface area contributed by atoms with Crippen molar-refractivity contribution in [3.8, 4) is 0 Å². The third-order valence-corrected chi connectivity index (χ3v) is 17.3.